The Morgan fingerprint density at radius 3 is 2.77 bits per heavy atom. The van der Waals surface area contributed by atoms with E-state index < -0.39 is 0 Å². The summed E-state index contributed by atoms with van der Waals surface area (Å²) in [6.45, 7) is 7.11. The van der Waals surface area contributed by atoms with Gasteiger partial charge in [0.15, 0.2) is 5.11 Å². The maximum atomic E-state index is 5.97. The van der Waals surface area contributed by atoms with Gasteiger partial charge in [0.05, 0.1) is 16.9 Å². The molecule has 8 heteroatoms. The third-order valence-electron chi connectivity index (χ3n) is 3.20. The molecule has 0 aliphatic carbocycles. The molecule has 2 aromatic rings. The van der Waals surface area contributed by atoms with Crippen molar-refractivity contribution in [2.24, 2.45) is 0 Å². The van der Waals surface area contributed by atoms with Crippen LogP contribution in [0.5, 0.6) is 0 Å². The van der Waals surface area contributed by atoms with Crippen molar-refractivity contribution in [2.45, 2.75) is 39.9 Å². The van der Waals surface area contributed by atoms with Crippen LogP contribution in [0.15, 0.2) is 18.6 Å². The van der Waals surface area contributed by atoms with Crippen LogP contribution in [0, 0.1) is 6.92 Å². The number of aromatic nitrogens is 4. The van der Waals surface area contributed by atoms with E-state index in [-0.39, 0.29) is 0 Å². The Morgan fingerprint density at radius 1 is 1.32 bits per heavy atom. The lowest BCUT2D eigenvalue weighted by Crippen LogP contribution is -2.35. The number of aryl methyl sites for hydroxylation is 3. The second-order valence-corrected chi connectivity index (χ2v) is 5.81. The first-order valence-corrected chi connectivity index (χ1v) is 8.09. The second kappa shape index (κ2) is 8.14. The maximum Gasteiger partial charge on any atom is 0.166 e. The smallest absolute Gasteiger partial charge is 0.166 e. The van der Waals surface area contributed by atoms with Crippen molar-refractivity contribution >= 4 is 28.9 Å². The predicted molar refractivity (Wildman–Crippen MR) is 91.9 cm³/mol. The van der Waals surface area contributed by atoms with Crippen LogP contribution in [0.25, 0.3) is 0 Å². The van der Waals surface area contributed by atoms with Crippen molar-refractivity contribution in [2.75, 3.05) is 6.54 Å². The van der Waals surface area contributed by atoms with Gasteiger partial charge in [0.25, 0.3) is 0 Å². The summed E-state index contributed by atoms with van der Waals surface area (Å²) in [7, 11) is 0. The summed E-state index contributed by atoms with van der Waals surface area (Å²) >= 11 is 11.2. The van der Waals surface area contributed by atoms with Gasteiger partial charge < -0.3 is 10.6 Å². The Morgan fingerprint density at radius 2 is 2.14 bits per heavy atom. The Balaban J connectivity index is 1.61. The molecule has 0 atom stereocenters. The van der Waals surface area contributed by atoms with E-state index in [1.165, 1.54) is 0 Å². The Kier molecular flexibility index (Phi) is 6.21. The minimum atomic E-state index is 0.652. The van der Waals surface area contributed by atoms with E-state index in [0.29, 0.717) is 16.7 Å². The minimum absolute atomic E-state index is 0.652. The molecule has 0 saturated heterocycles. The maximum absolute atomic E-state index is 5.97. The summed E-state index contributed by atoms with van der Waals surface area (Å²) in [4.78, 5) is 0. The van der Waals surface area contributed by atoms with E-state index in [2.05, 4.69) is 27.8 Å². The van der Waals surface area contributed by atoms with Crippen LogP contribution in [0.3, 0.4) is 0 Å². The fraction of sp³-hybridized carbons (Fsp3) is 0.500. The van der Waals surface area contributed by atoms with E-state index >= 15 is 0 Å². The lowest BCUT2D eigenvalue weighted by atomic mass is 10.3. The first-order valence-electron chi connectivity index (χ1n) is 7.31. The minimum Gasteiger partial charge on any atom is -0.363 e. The monoisotopic (exact) mass is 340 g/mol. The standard InChI is InChI=1S/C14H21ClN6S/c1-3-20-9-12(8-18-20)7-17-14(22)16-5-4-6-21-10-13(15)11(2)19-21/h8-10H,3-7H2,1-2H3,(H2,16,17,22). The van der Waals surface area contributed by atoms with Gasteiger partial charge in [0.2, 0.25) is 0 Å². The van der Waals surface area contributed by atoms with Crippen LogP contribution in [-0.2, 0) is 19.6 Å². The number of hydrogen-bond acceptors (Lipinski definition) is 3. The van der Waals surface area contributed by atoms with Crippen molar-refractivity contribution in [3.63, 3.8) is 0 Å². The molecule has 0 bridgehead atoms. The molecule has 0 amide bonds. The molecule has 22 heavy (non-hydrogen) atoms. The molecule has 2 N–H and O–H groups in total. The molecule has 120 valence electrons. The molecule has 0 saturated carbocycles. The Labute approximate surface area is 140 Å². The van der Waals surface area contributed by atoms with E-state index in [0.717, 1.165) is 37.3 Å². The Hall–Kier alpha value is -1.60. The number of rotatable bonds is 7. The lowest BCUT2D eigenvalue weighted by molar-refractivity contribution is 0.568. The van der Waals surface area contributed by atoms with Crippen LogP contribution < -0.4 is 10.6 Å². The second-order valence-electron chi connectivity index (χ2n) is 4.99. The molecule has 2 aromatic heterocycles. The topological polar surface area (TPSA) is 59.7 Å². The molecule has 0 unspecified atom stereocenters. The van der Waals surface area contributed by atoms with Gasteiger partial charge in [-0.1, -0.05) is 11.6 Å². The van der Waals surface area contributed by atoms with E-state index in [9.17, 15) is 0 Å². The molecule has 0 fully saturated rings. The summed E-state index contributed by atoms with van der Waals surface area (Å²) in [6.07, 6.45) is 6.63. The van der Waals surface area contributed by atoms with Gasteiger partial charge in [0.1, 0.15) is 0 Å². The highest BCUT2D eigenvalue weighted by Crippen LogP contribution is 2.11. The molecule has 2 rings (SSSR count). The summed E-state index contributed by atoms with van der Waals surface area (Å²) in [6, 6.07) is 0. The highest BCUT2D eigenvalue weighted by atomic mass is 35.5. The fourth-order valence-corrected chi connectivity index (χ4v) is 2.29. The van der Waals surface area contributed by atoms with Gasteiger partial charge in [-0.2, -0.15) is 10.2 Å². The Bertz CT molecular complexity index is 601. The zero-order chi connectivity index (χ0) is 15.9. The van der Waals surface area contributed by atoms with Crippen LogP contribution in [-0.4, -0.2) is 31.2 Å². The van der Waals surface area contributed by atoms with Gasteiger partial charge in [-0.05, 0) is 32.5 Å². The van der Waals surface area contributed by atoms with Gasteiger partial charge in [0, 0.05) is 44.1 Å². The molecule has 0 spiro atoms. The van der Waals surface area contributed by atoms with E-state index in [4.69, 9.17) is 23.8 Å². The first-order chi connectivity index (χ1) is 10.6. The van der Waals surface area contributed by atoms with Crippen molar-refractivity contribution in [1.82, 2.24) is 30.2 Å². The van der Waals surface area contributed by atoms with Crippen LogP contribution in [0.2, 0.25) is 5.02 Å². The van der Waals surface area contributed by atoms with Gasteiger partial charge >= 0.3 is 0 Å². The molecular weight excluding hydrogens is 320 g/mol. The van der Waals surface area contributed by atoms with Crippen LogP contribution in [0.1, 0.15) is 24.6 Å². The third kappa shape index (κ3) is 4.99. The average Bonchev–Trinajstić information content (AvgIpc) is 3.08. The van der Waals surface area contributed by atoms with Crippen molar-refractivity contribution in [1.29, 1.82) is 0 Å². The molecular formula is C14H21ClN6S. The number of thiocarbonyl (C=S) groups is 1. The summed E-state index contributed by atoms with van der Waals surface area (Å²) in [5, 5.41) is 16.2. The average molecular weight is 341 g/mol. The number of nitrogens with one attached hydrogen (secondary N) is 2. The number of halogens is 1. The fourth-order valence-electron chi connectivity index (χ4n) is 1.97. The van der Waals surface area contributed by atoms with Gasteiger partial charge in [-0.25, -0.2) is 0 Å². The first kappa shape index (κ1) is 16.8. The van der Waals surface area contributed by atoms with Crippen LogP contribution >= 0.6 is 23.8 Å². The lowest BCUT2D eigenvalue weighted by Gasteiger charge is -2.09. The van der Waals surface area contributed by atoms with Crippen molar-refractivity contribution in [3.8, 4) is 0 Å². The van der Waals surface area contributed by atoms with Gasteiger partial charge in [-0.3, -0.25) is 9.36 Å². The molecule has 6 nitrogen and oxygen atoms in total. The predicted octanol–water partition coefficient (Wildman–Crippen LogP) is 2.12. The van der Waals surface area contributed by atoms with E-state index in [1.54, 1.807) is 0 Å². The largest absolute Gasteiger partial charge is 0.363 e. The highest BCUT2D eigenvalue weighted by Gasteiger charge is 2.02. The highest BCUT2D eigenvalue weighted by molar-refractivity contribution is 7.80. The van der Waals surface area contributed by atoms with Crippen LogP contribution in [0.4, 0.5) is 0 Å². The summed E-state index contributed by atoms with van der Waals surface area (Å²) < 4.78 is 3.75. The normalized spacial score (nSPS) is 10.7. The summed E-state index contributed by atoms with van der Waals surface area (Å²) in [5.41, 5.74) is 1.98. The van der Waals surface area contributed by atoms with E-state index in [1.807, 2.05) is 34.9 Å². The third-order valence-corrected chi connectivity index (χ3v) is 3.86. The molecule has 2 heterocycles. The van der Waals surface area contributed by atoms with Gasteiger partial charge in [-0.15, -0.1) is 0 Å². The molecule has 0 aromatic carbocycles. The molecule has 0 aliphatic heterocycles. The number of hydrogen-bond donors (Lipinski definition) is 2. The summed E-state index contributed by atoms with van der Waals surface area (Å²) in [5.74, 6) is 0. The molecule has 0 radical (unpaired) electrons. The zero-order valence-electron chi connectivity index (χ0n) is 12.8. The number of nitrogens with zero attached hydrogens (tertiary/aromatic N) is 4. The van der Waals surface area contributed by atoms with Crippen molar-refractivity contribution in [3.05, 3.63) is 34.9 Å². The van der Waals surface area contributed by atoms with Crippen molar-refractivity contribution < 1.29 is 0 Å². The quantitative estimate of drug-likeness (QED) is 0.597. The zero-order valence-corrected chi connectivity index (χ0v) is 14.4. The molecule has 0 aliphatic rings. The SMILES string of the molecule is CCn1cc(CNC(=S)NCCCn2cc(Cl)c(C)n2)cn1.